The van der Waals surface area contributed by atoms with Crippen LogP contribution in [0.1, 0.15) is 29.4 Å². The maximum atomic E-state index is 12.4. The number of hydrogen-bond donors (Lipinski definition) is 1. The van der Waals surface area contributed by atoms with Crippen molar-refractivity contribution in [2.45, 2.75) is 31.2 Å². The zero-order valence-electron chi connectivity index (χ0n) is 14.2. The Morgan fingerprint density at radius 1 is 1.44 bits per heavy atom. The van der Waals surface area contributed by atoms with Crippen LogP contribution >= 0.6 is 0 Å². The van der Waals surface area contributed by atoms with Crippen LogP contribution in [0.4, 0.5) is 5.82 Å². The highest BCUT2D eigenvalue weighted by Crippen LogP contribution is 2.32. The van der Waals surface area contributed by atoms with Crippen LogP contribution in [0.3, 0.4) is 0 Å². The van der Waals surface area contributed by atoms with Gasteiger partial charge in [0, 0.05) is 23.1 Å². The highest BCUT2D eigenvalue weighted by Gasteiger charge is 2.36. The minimum absolute atomic E-state index is 0.114. The van der Waals surface area contributed by atoms with Gasteiger partial charge in [-0.15, -0.1) is 12.3 Å². The van der Waals surface area contributed by atoms with E-state index in [0.29, 0.717) is 18.4 Å². The summed E-state index contributed by atoms with van der Waals surface area (Å²) in [6.07, 6.45) is 6.41. The largest absolute Gasteiger partial charge is 0.353 e. The third-order valence-electron chi connectivity index (χ3n) is 4.09. The highest BCUT2D eigenvalue weighted by molar-refractivity contribution is 6.03. The summed E-state index contributed by atoms with van der Waals surface area (Å²) in [5.74, 6) is 2.23. The number of anilines is 1. The third kappa shape index (κ3) is 4.15. The molecule has 136 valence electrons. The van der Waals surface area contributed by atoms with Gasteiger partial charge in [0.05, 0.1) is 12.1 Å². The fraction of sp³-hybridized carbons (Fsp3) is 0.278. The smallest absolute Gasteiger partial charge is 0.351 e. The van der Waals surface area contributed by atoms with Gasteiger partial charge < -0.3 is 10.1 Å². The molecule has 0 spiro atoms. The molecule has 1 N–H and O–H groups in total. The minimum Gasteiger partial charge on any atom is -0.353 e. The Labute approximate surface area is 154 Å². The maximum Gasteiger partial charge on any atom is 0.351 e. The molecule has 2 aromatic rings. The molecule has 0 saturated carbocycles. The van der Waals surface area contributed by atoms with Crippen molar-refractivity contribution in [2.24, 2.45) is 5.11 Å². The number of rotatable bonds is 5. The summed E-state index contributed by atoms with van der Waals surface area (Å²) in [5, 5.41) is 6.26. The number of aromatic nitrogens is 2. The summed E-state index contributed by atoms with van der Waals surface area (Å²) < 4.78 is 6.98. The zero-order valence-corrected chi connectivity index (χ0v) is 14.2. The number of terminal acetylenes is 1. The second-order valence-electron chi connectivity index (χ2n) is 5.89. The number of nitrogens with one attached hydrogen (secondary N) is 1. The third-order valence-corrected chi connectivity index (χ3v) is 4.09. The fourth-order valence-electron chi connectivity index (χ4n) is 2.87. The average molecular weight is 364 g/mol. The molecule has 1 aliphatic heterocycles. The summed E-state index contributed by atoms with van der Waals surface area (Å²) in [5.41, 5.74) is 8.55. The van der Waals surface area contributed by atoms with Gasteiger partial charge in [-0.2, -0.15) is 4.98 Å². The van der Waals surface area contributed by atoms with Gasteiger partial charge in [0.15, 0.2) is 0 Å². The molecule has 1 aromatic heterocycles. The fourth-order valence-corrected chi connectivity index (χ4v) is 2.87. The Balaban J connectivity index is 1.80. The van der Waals surface area contributed by atoms with E-state index in [1.54, 1.807) is 30.3 Å². The Morgan fingerprint density at radius 2 is 2.22 bits per heavy atom. The van der Waals surface area contributed by atoms with E-state index in [-0.39, 0.29) is 17.8 Å². The van der Waals surface area contributed by atoms with Crippen LogP contribution in [0, 0.1) is 12.3 Å². The SMILES string of the molecule is C#CC[C@@H]1C[C@@H](N=[N+]=[N-])[C@@H](n2ccc(NC(=O)c3ccccc3)nc2=O)O1. The minimum atomic E-state index is -0.793. The molecule has 0 unspecified atom stereocenters. The van der Waals surface area contributed by atoms with Gasteiger partial charge in [0.2, 0.25) is 0 Å². The van der Waals surface area contributed by atoms with Crippen molar-refractivity contribution in [3.8, 4) is 12.3 Å². The number of amides is 1. The number of ether oxygens (including phenoxy) is 1. The lowest BCUT2D eigenvalue weighted by Gasteiger charge is -2.17. The number of benzene rings is 1. The lowest BCUT2D eigenvalue weighted by atomic mass is 10.1. The molecule has 3 atom stereocenters. The monoisotopic (exact) mass is 364 g/mol. The molecule has 9 heteroatoms. The van der Waals surface area contributed by atoms with Crippen LogP contribution in [-0.4, -0.2) is 27.6 Å². The van der Waals surface area contributed by atoms with Gasteiger partial charge in [-0.1, -0.05) is 23.3 Å². The van der Waals surface area contributed by atoms with E-state index >= 15 is 0 Å². The van der Waals surface area contributed by atoms with Crippen molar-refractivity contribution in [3.05, 3.63) is 69.1 Å². The Bertz CT molecular complexity index is 975. The molecule has 0 radical (unpaired) electrons. The summed E-state index contributed by atoms with van der Waals surface area (Å²) in [6, 6.07) is 9.48. The molecule has 1 saturated heterocycles. The number of nitrogens with zero attached hydrogens (tertiary/aromatic N) is 5. The quantitative estimate of drug-likeness (QED) is 0.379. The molecule has 27 heavy (non-hydrogen) atoms. The van der Waals surface area contributed by atoms with Crippen molar-refractivity contribution in [1.82, 2.24) is 9.55 Å². The van der Waals surface area contributed by atoms with Crippen molar-refractivity contribution in [2.75, 3.05) is 5.32 Å². The normalized spacial score (nSPS) is 21.1. The second-order valence-corrected chi connectivity index (χ2v) is 5.89. The van der Waals surface area contributed by atoms with Gasteiger partial charge in [-0.3, -0.25) is 9.36 Å². The van der Waals surface area contributed by atoms with Crippen LogP contribution < -0.4 is 11.0 Å². The van der Waals surface area contributed by atoms with Gasteiger partial charge in [-0.05, 0) is 30.2 Å². The van der Waals surface area contributed by atoms with E-state index < -0.39 is 18.0 Å². The van der Waals surface area contributed by atoms with Gasteiger partial charge >= 0.3 is 5.69 Å². The van der Waals surface area contributed by atoms with E-state index in [1.807, 2.05) is 0 Å². The van der Waals surface area contributed by atoms with Crippen LogP contribution in [0.25, 0.3) is 10.4 Å². The second kappa shape index (κ2) is 8.19. The van der Waals surface area contributed by atoms with Crippen LogP contribution in [0.2, 0.25) is 0 Å². The first-order valence-electron chi connectivity index (χ1n) is 8.21. The zero-order chi connectivity index (χ0) is 19.2. The standard InChI is InChI=1S/C18H16N6O3/c1-2-6-13-11-14(22-23-19)17(27-13)24-10-9-15(21-18(24)26)20-16(25)12-7-4-3-5-8-12/h1,3-5,7-10,13-14,17H,6,11H2,(H,20,21,25,26)/t13-,14-,17+/m1/s1. The summed E-state index contributed by atoms with van der Waals surface area (Å²) in [6.45, 7) is 0. The van der Waals surface area contributed by atoms with Gasteiger partial charge in [0.25, 0.3) is 5.91 Å². The first-order chi connectivity index (χ1) is 13.1. The van der Waals surface area contributed by atoms with Gasteiger partial charge in [0.1, 0.15) is 12.0 Å². The molecule has 2 heterocycles. The van der Waals surface area contributed by atoms with E-state index in [4.69, 9.17) is 16.7 Å². The molecule has 9 nitrogen and oxygen atoms in total. The molecule has 1 aromatic carbocycles. The number of azide groups is 1. The first kappa shape index (κ1) is 18.2. The summed E-state index contributed by atoms with van der Waals surface area (Å²) in [4.78, 5) is 31.2. The lowest BCUT2D eigenvalue weighted by Crippen LogP contribution is -2.31. The van der Waals surface area contributed by atoms with Gasteiger partial charge in [-0.25, -0.2) is 4.79 Å². The average Bonchev–Trinajstić information content (AvgIpc) is 3.05. The Morgan fingerprint density at radius 3 is 2.89 bits per heavy atom. The van der Waals surface area contributed by atoms with E-state index in [2.05, 4.69) is 26.2 Å². The molecular weight excluding hydrogens is 348 g/mol. The van der Waals surface area contributed by atoms with E-state index in [0.717, 1.165) is 0 Å². The molecular formula is C18H16N6O3. The predicted molar refractivity (Wildman–Crippen MR) is 97.8 cm³/mol. The van der Waals surface area contributed by atoms with Crippen molar-refractivity contribution < 1.29 is 9.53 Å². The number of hydrogen-bond acceptors (Lipinski definition) is 5. The predicted octanol–water partition coefficient (Wildman–Crippen LogP) is 2.49. The molecule has 0 bridgehead atoms. The van der Waals surface area contributed by atoms with Crippen molar-refractivity contribution >= 4 is 11.7 Å². The number of carbonyl (C=O) groups is 1. The van der Waals surface area contributed by atoms with E-state index in [9.17, 15) is 9.59 Å². The number of carbonyl (C=O) groups excluding carboxylic acids is 1. The van der Waals surface area contributed by atoms with E-state index in [1.165, 1.54) is 16.8 Å². The first-order valence-corrected chi connectivity index (χ1v) is 8.21. The molecule has 1 aliphatic rings. The molecule has 1 amide bonds. The molecule has 1 fully saturated rings. The summed E-state index contributed by atoms with van der Waals surface area (Å²) in [7, 11) is 0. The van der Waals surface area contributed by atoms with Crippen LogP contribution in [-0.2, 0) is 4.74 Å². The van der Waals surface area contributed by atoms with Crippen LogP contribution in [0.5, 0.6) is 0 Å². The molecule has 3 rings (SSSR count). The lowest BCUT2D eigenvalue weighted by molar-refractivity contribution is -0.00277. The van der Waals surface area contributed by atoms with Crippen molar-refractivity contribution in [3.63, 3.8) is 0 Å². The van der Waals surface area contributed by atoms with Crippen LogP contribution in [0.15, 0.2) is 52.5 Å². The Kier molecular flexibility index (Phi) is 5.52. The van der Waals surface area contributed by atoms with Crippen molar-refractivity contribution in [1.29, 1.82) is 0 Å². The highest BCUT2D eigenvalue weighted by atomic mass is 16.5. The topological polar surface area (TPSA) is 122 Å². The Hall–Kier alpha value is -3.60. The summed E-state index contributed by atoms with van der Waals surface area (Å²) >= 11 is 0. The molecule has 0 aliphatic carbocycles. The maximum absolute atomic E-state index is 12.4.